The van der Waals surface area contributed by atoms with Gasteiger partial charge in [-0.25, -0.2) is 4.39 Å². The average molecular weight is 613 g/mol. The molecular weight excluding hydrogens is 574 g/mol. The number of aromatic hydroxyl groups is 2. The Morgan fingerprint density at radius 3 is 2.00 bits per heavy atom. The highest BCUT2D eigenvalue weighted by Gasteiger charge is 2.56. The summed E-state index contributed by atoms with van der Waals surface area (Å²) in [4.78, 5) is 11.4. The molecule has 0 aromatic heterocycles. The number of unbranched alkanes of at least 4 members (excludes halogenated alkanes) is 7. The van der Waals surface area contributed by atoms with Gasteiger partial charge in [-0.1, -0.05) is 69.2 Å². The van der Waals surface area contributed by atoms with Crippen molar-refractivity contribution in [1.82, 2.24) is 0 Å². The van der Waals surface area contributed by atoms with Gasteiger partial charge in [0.05, 0.1) is 5.92 Å². The van der Waals surface area contributed by atoms with Crippen molar-refractivity contribution in [3.05, 3.63) is 59.9 Å². The predicted octanol–water partition coefficient (Wildman–Crippen LogP) is 10.2. The maximum atomic E-state index is 14.1. The Kier molecular flexibility index (Phi) is 12.2. The maximum absolute atomic E-state index is 14.1. The Morgan fingerprint density at radius 1 is 0.744 bits per heavy atom. The molecule has 236 valence electrons. The second-order valence-electron chi connectivity index (χ2n) is 11.2. The molecule has 0 aliphatic rings. The first-order chi connectivity index (χ1) is 20.3. The lowest BCUT2D eigenvalue weighted by molar-refractivity contribution is -0.284. The van der Waals surface area contributed by atoms with Crippen molar-refractivity contribution in [2.45, 2.75) is 95.6 Å². The summed E-state index contributed by atoms with van der Waals surface area (Å²) in [6, 6.07) is 13.3. The van der Waals surface area contributed by atoms with Gasteiger partial charge in [0.15, 0.2) is 11.6 Å². The topological polar surface area (TPSA) is 77.8 Å². The molecule has 0 amide bonds. The van der Waals surface area contributed by atoms with Gasteiger partial charge >= 0.3 is 18.1 Å². The van der Waals surface area contributed by atoms with Gasteiger partial charge in [-0.2, -0.15) is 22.0 Å². The molecule has 0 radical (unpaired) electrons. The smallest absolute Gasteiger partial charge is 0.453 e. The molecule has 0 heterocycles. The number of benzene rings is 3. The number of alkyl halides is 5. The summed E-state index contributed by atoms with van der Waals surface area (Å²) in [5.74, 6) is -7.85. The Morgan fingerprint density at radius 2 is 1.37 bits per heavy atom. The van der Waals surface area contributed by atoms with Gasteiger partial charge < -0.3 is 15.3 Å². The number of phenols is 2. The van der Waals surface area contributed by atoms with Crippen molar-refractivity contribution < 1.29 is 46.5 Å². The number of hydrogen-bond acceptors (Lipinski definition) is 3. The summed E-state index contributed by atoms with van der Waals surface area (Å²) >= 11 is 0. The van der Waals surface area contributed by atoms with Gasteiger partial charge in [0.25, 0.3) is 0 Å². The lowest BCUT2D eigenvalue weighted by atomic mass is 9.90. The van der Waals surface area contributed by atoms with E-state index in [1.807, 2.05) is 18.2 Å². The van der Waals surface area contributed by atoms with Crippen LogP contribution in [0.2, 0.25) is 0 Å². The lowest BCUT2D eigenvalue weighted by Gasteiger charge is -2.20. The van der Waals surface area contributed by atoms with E-state index in [1.54, 1.807) is 18.2 Å². The Balaban J connectivity index is 1.40. The van der Waals surface area contributed by atoms with Gasteiger partial charge in [0, 0.05) is 6.42 Å². The van der Waals surface area contributed by atoms with Crippen molar-refractivity contribution in [1.29, 1.82) is 0 Å². The van der Waals surface area contributed by atoms with E-state index in [1.165, 1.54) is 12.1 Å². The summed E-state index contributed by atoms with van der Waals surface area (Å²) in [7, 11) is 0. The largest absolute Gasteiger partial charge is 0.508 e. The minimum absolute atomic E-state index is 0.158. The molecule has 1 unspecified atom stereocenters. The van der Waals surface area contributed by atoms with E-state index in [-0.39, 0.29) is 18.6 Å². The third-order valence-electron chi connectivity index (χ3n) is 7.91. The third kappa shape index (κ3) is 9.79. The fourth-order valence-electron chi connectivity index (χ4n) is 5.45. The third-order valence-corrected chi connectivity index (χ3v) is 7.91. The van der Waals surface area contributed by atoms with Crippen LogP contribution in [0, 0.1) is 11.7 Å². The van der Waals surface area contributed by atoms with E-state index in [0.29, 0.717) is 12.0 Å². The molecule has 0 saturated carbocycles. The van der Waals surface area contributed by atoms with Gasteiger partial charge in [-0.15, -0.1) is 0 Å². The quantitative estimate of drug-likeness (QED) is 0.105. The predicted molar refractivity (Wildman–Crippen MR) is 154 cm³/mol. The fourth-order valence-corrected chi connectivity index (χ4v) is 5.45. The molecule has 3 aromatic carbocycles. The number of carboxylic acid groups (broad SMARTS) is 1. The molecule has 1 atom stereocenters. The minimum Gasteiger partial charge on any atom is -0.508 e. The first kappa shape index (κ1) is 34.1. The summed E-state index contributed by atoms with van der Waals surface area (Å²) in [5, 5.41) is 30.6. The monoisotopic (exact) mass is 612 g/mol. The molecule has 0 aliphatic heterocycles. The number of fused-ring (bicyclic) bond motifs is 1. The van der Waals surface area contributed by atoms with E-state index in [0.717, 1.165) is 73.3 Å². The van der Waals surface area contributed by atoms with Crippen LogP contribution in [0.25, 0.3) is 21.9 Å². The zero-order valence-corrected chi connectivity index (χ0v) is 23.9. The highest BCUT2D eigenvalue weighted by Crippen LogP contribution is 2.40. The van der Waals surface area contributed by atoms with Crippen LogP contribution in [-0.4, -0.2) is 33.4 Å². The number of halogens is 6. The second-order valence-corrected chi connectivity index (χ2v) is 11.2. The molecule has 3 rings (SSSR count). The molecule has 4 nitrogen and oxygen atoms in total. The van der Waals surface area contributed by atoms with Crippen molar-refractivity contribution >= 4 is 16.7 Å². The lowest BCUT2D eigenvalue weighted by Crippen LogP contribution is -2.36. The van der Waals surface area contributed by atoms with Crippen molar-refractivity contribution in [2.75, 3.05) is 0 Å². The number of carbonyl (C=O) groups is 1. The normalized spacial score (nSPS) is 13.0. The molecular formula is C33H38F6O4. The standard InChI is InChI=1S/C33H38F6O4/c34-29-21-24(14-18-30(29)41)26-16-13-23-20-25(40)15-17-27(23)28(26)12-8-6-4-2-1-3-5-7-10-22(31(42)43)11-9-19-32(35,36)33(37,38)39/h13-18,20-22,40-41H,1-12,19H2,(H,42,43). The zero-order chi connectivity index (χ0) is 31.6. The summed E-state index contributed by atoms with van der Waals surface area (Å²) in [6.45, 7) is 0. The second kappa shape index (κ2) is 15.3. The van der Waals surface area contributed by atoms with Gasteiger partial charge in [0.2, 0.25) is 0 Å². The maximum Gasteiger partial charge on any atom is 0.453 e. The number of carboxylic acids is 1. The summed E-state index contributed by atoms with van der Waals surface area (Å²) in [6.07, 6.45) is 0.238. The first-order valence-corrected chi connectivity index (χ1v) is 14.7. The SMILES string of the molecule is O=C(O)C(CCCCCCCCCCc1c(-c2ccc(O)c(F)c2)ccc2cc(O)ccc12)CCCC(F)(F)C(F)(F)F. The van der Waals surface area contributed by atoms with Crippen LogP contribution in [0.3, 0.4) is 0 Å². The summed E-state index contributed by atoms with van der Waals surface area (Å²) < 4.78 is 77.1. The van der Waals surface area contributed by atoms with Crippen LogP contribution < -0.4 is 0 Å². The highest BCUT2D eigenvalue weighted by atomic mass is 19.4. The first-order valence-electron chi connectivity index (χ1n) is 14.7. The van der Waals surface area contributed by atoms with Crippen LogP contribution in [0.15, 0.2) is 48.5 Å². The van der Waals surface area contributed by atoms with Crippen LogP contribution in [0.4, 0.5) is 26.3 Å². The number of rotatable bonds is 17. The fraction of sp³-hybridized carbons (Fsp3) is 0.485. The molecule has 0 spiro atoms. The van der Waals surface area contributed by atoms with Crippen LogP contribution in [0.1, 0.15) is 82.6 Å². The molecule has 43 heavy (non-hydrogen) atoms. The average Bonchev–Trinajstić information content (AvgIpc) is 2.93. The zero-order valence-electron chi connectivity index (χ0n) is 23.9. The van der Waals surface area contributed by atoms with E-state index in [9.17, 15) is 46.5 Å². The Labute approximate surface area is 247 Å². The van der Waals surface area contributed by atoms with Crippen LogP contribution in [-0.2, 0) is 11.2 Å². The molecule has 3 aromatic rings. The number of phenolic OH excluding ortho intramolecular Hbond substituents is 2. The minimum atomic E-state index is -5.62. The van der Waals surface area contributed by atoms with E-state index in [4.69, 9.17) is 0 Å². The Hall–Kier alpha value is -3.43. The van der Waals surface area contributed by atoms with Gasteiger partial charge in [0.1, 0.15) is 5.75 Å². The van der Waals surface area contributed by atoms with E-state index < -0.39 is 48.4 Å². The highest BCUT2D eigenvalue weighted by molar-refractivity contribution is 5.92. The van der Waals surface area contributed by atoms with Crippen LogP contribution in [0.5, 0.6) is 11.5 Å². The van der Waals surface area contributed by atoms with Crippen LogP contribution >= 0.6 is 0 Å². The molecule has 3 N–H and O–H groups in total. The van der Waals surface area contributed by atoms with E-state index in [2.05, 4.69) is 0 Å². The van der Waals surface area contributed by atoms with Crippen molar-refractivity contribution in [3.63, 3.8) is 0 Å². The molecule has 10 heteroatoms. The number of aliphatic carboxylic acids is 1. The van der Waals surface area contributed by atoms with Crippen molar-refractivity contribution in [3.8, 4) is 22.6 Å². The number of hydrogen-bond donors (Lipinski definition) is 3. The van der Waals surface area contributed by atoms with E-state index >= 15 is 0 Å². The van der Waals surface area contributed by atoms with Gasteiger partial charge in [-0.05, 0) is 83.8 Å². The van der Waals surface area contributed by atoms with Gasteiger partial charge in [-0.3, -0.25) is 4.79 Å². The van der Waals surface area contributed by atoms with Crippen molar-refractivity contribution in [2.24, 2.45) is 5.92 Å². The number of aryl methyl sites for hydroxylation is 1. The molecule has 0 bridgehead atoms. The molecule has 0 saturated heterocycles. The summed E-state index contributed by atoms with van der Waals surface area (Å²) in [5.41, 5.74) is 2.56. The Bertz CT molecular complexity index is 1360. The molecule has 0 fully saturated rings. The molecule has 0 aliphatic carbocycles.